The molecule has 24 heavy (non-hydrogen) atoms. The first kappa shape index (κ1) is 18.2. The lowest BCUT2D eigenvalue weighted by molar-refractivity contribution is 0.243. The van der Waals surface area contributed by atoms with Crippen molar-refractivity contribution in [2.75, 3.05) is 18.5 Å². The van der Waals surface area contributed by atoms with E-state index in [0.717, 1.165) is 23.7 Å². The summed E-state index contributed by atoms with van der Waals surface area (Å²) in [5.41, 5.74) is 2.48. The third-order valence-electron chi connectivity index (χ3n) is 3.66. The second-order valence-corrected chi connectivity index (χ2v) is 7.21. The van der Waals surface area contributed by atoms with Crippen molar-refractivity contribution in [2.24, 2.45) is 0 Å². The van der Waals surface area contributed by atoms with Gasteiger partial charge in [0.1, 0.15) is 18.1 Å². The molecule has 0 amide bonds. The van der Waals surface area contributed by atoms with Crippen LogP contribution in [-0.4, -0.2) is 19.3 Å². The quantitative estimate of drug-likeness (QED) is 0.703. The van der Waals surface area contributed by atoms with Crippen LogP contribution >= 0.6 is 0 Å². The van der Waals surface area contributed by atoms with Gasteiger partial charge in [-0.1, -0.05) is 45.0 Å². The zero-order chi connectivity index (χ0) is 17.6. The number of hydrogen-bond acceptors (Lipinski definition) is 3. The Kier molecular flexibility index (Phi) is 6.13. The van der Waals surface area contributed by atoms with Crippen LogP contribution in [-0.2, 0) is 5.41 Å². The molecule has 0 atom stereocenters. The lowest BCUT2D eigenvalue weighted by Crippen LogP contribution is -2.14. The van der Waals surface area contributed by atoms with E-state index in [4.69, 9.17) is 9.47 Å². The van der Waals surface area contributed by atoms with E-state index in [-0.39, 0.29) is 11.5 Å². The monoisotopic (exact) mass is 327 g/mol. The van der Waals surface area contributed by atoms with Gasteiger partial charge in [-0.05, 0) is 49.1 Å². The van der Waals surface area contributed by atoms with Crippen molar-refractivity contribution >= 4 is 5.69 Å². The zero-order valence-corrected chi connectivity index (χ0v) is 15.4. The van der Waals surface area contributed by atoms with Crippen LogP contribution in [0.2, 0.25) is 0 Å². The van der Waals surface area contributed by atoms with Gasteiger partial charge in [-0.15, -0.1) is 0 Å². The first-order valence-corrected chi connectivity index (χ1v) is 8.59. The van der Waals surface area contributed by atoms with E-state index >= 15 is 0 Å². The van der Waals surface area contributed by atoms with Gasteiger partial charge in [0.2, 0.25) is 0 Å². The van der Waals surface area contributed by atoms with Gasteiger partial charge in [-0.25, -0.2) is 0 Å². The van der Waals surface area contributed by atoms with Crippen molar-refractivity contribution in [1.29, 1.82) is 0 Å². The van der Waals surface area contributed by atoms with Crippen molar-refractivity contribution in [3.8, 4) is 11.5 Å². The van der Waals surface area contributed by atoms with Gasteiger partial charge in [-0.3, -0.25) is 0 Å². The maximum atomic E-state index is 5.81. The maximum Gasteiger partial charge on any atom is 0.142 e. The van der Waals surface area contributed by atoms with Crippen LogP contribution in [0.15, 0.2) is 48.5 Å². The molecular weight excluding hydrogens is 298 g/mol. The van der Waals surface area contributed by atoms with Gasteiger partial charge in [0, 0.05) is 6.54 Å². The Labute approximate surface area is 146 Å². The number of benzene rings is 2. The lowest BCUT2D eigenvalue weighted by Gasteiger charge is -2.19. The van der Waals surface area contributed by atoms with Gasteiger partial charge in [0.05, 0.1) is 11.8 Å². The Morgan fingerprint density at radius 3 is 2.25 bits per heavy atom. The summed E-state index contributed by atoms with van der Waals surface area (Å²) in [6.45, 7) is 12.0. The standard InChI is InChI=1S/C21H29NO2/c1-16(2)24-20-9-7-6-8-19(20)22-14-15-23-18-12-10-17(11-13-18)21(3,4)5/h6-13,16,22H,14-15H2,1-5H3. The van der Waals surface area contributed by atoms with Crippen LogP contribution in [0.4, 0.5) is 5.69 Å². The molecule has 0 aliphatic rings. The first-order valence-electron chi connectivity index (χ1n) is 8.59. The van der Waals surface area contributed by atoms with Gasteiger partial charge >= 0.3 is 0 Å². The molecule has 0 heterocycles. The molecule has 0 saturated heterocycles. The van der Waals surface area contributed by atoms with E-state index in [0.29, 0.717) is 6.61 Å². The molecule has 1 N–H and O–H groups in total. The number of ether oxygens (including phenoxy) is 2. The van der Waals surface area contributed by atoms with E-state index < -0.39 is 0 Å². The van der Waals surface area contributed by atoms with E-state index in [1.807, 2.05) is 50.2 Å². The van der Waals surface area contributed by atoms with Gasteiger partial charge in [0.25, 0.3) is 0 Å². The number of nitrogens with one attached hydrogen (secondary N) is 1. The SMILES string of the molecule is CC(C)Oc1ccccc1NCCOc1ccc(C(C)(C)C)cc1. The molecule has 2 rings (SSSR count). The molecule has 0 spiro atoms. The molecule has 0 aliphatic carbocycles. The third-order valence-corrected chi connectivity index (χ3v) is 3.66. The highest BCUT2D eigenvalue weighted by molar-refractivity contribution is 5.56. The summed E-state index contributed by atoms with van der Waals surface area (Å²) in [7, 11) is 0. The van der Waals surface area contributed by atoms with Gasteiger partial charge in [0.15, 0.2) is 0 Å². The second kappa shape index (κ2) is 8.09. The molecule has 0 fully saturated rings. The summed E-state index contributed by atoms with van der Waals surface area (Å²) in [5, 5.41) is 3.37. The molecule has 0 saturated carbocycles. The molecule has 0 aromatic heterocycles. The van der Waals surface area contributed by atoms with Crippen molar-refractivity contribution in [1.82, 2.24) is 0 Å². The molecular formula is C21H29NO2. The van der Waals surface area contributed by atoms with Crippen molar-refractivity contribution in [3.05, 3.63) is 54.1 Å². The Morgan fingerprint density at radius 2 is 1.62 bits per heavy atom. The third kappa shape index (κ3) is 5.48. The highest BCUT2D eigenvalue weighted by Crippen LogP contribution is 2.25. The molecule has 0 bridgehead atoms. The molecule has 2 aromatic carbocycles. The van der Waals surface area contributed by atoms with Gasteiger partial charge < -0.3 is 14.8 Å². The molecule has 0 unspecified atom stereocenters. The van der Waals surface area contributed by atoms with Crippen LogP contribution in [0.5, 0.6) is 11.5 Å². The number of para-hydroxylation sites is 2. The molecule has 3 heteroatoms. The van der Waals surface area contributed by atoms with Crippen LogP contribution in [0, 0.1) is 0 Å². The Balaban J connectivity index is 1.83. The van der Waals surface area contributed by atoms with Crippen LogP contribution in [0.25, 0.3) is 0 Å². The van der Waals surface area contributed by atoms with Crippen LogP contribution in [0.3, 0.4) is 0 Å². The average molecular weight is 327 g/mol. The summed E-state index contributed by atoms with van der Waals surface area (Å²) in [5.74, 6) is 1.78. The van der Waals surface area contributed by atoms with Gasteiger partial charge in [-0.2, -0.15) is 0 Å². The molecule has 0 radical (unpaired) electrons. The van der Waals surface area contributed by atoms with E-state index in [1.165, 1.54) is 5.56 Å². The van der Waals surface area contributed by atoms with Crippen LogP contribution in [0.1, 0.15) is 40.2 Å². The average Bonchev–Trinajstić information content (AvgIpc) is 2.52. The fourth-order valence-corrected chi connectivity index (χ4v) is 2.38. The highest BCUT2D eigenvalue weighted by Gasteiger charge is 2.12. The zero-order valence-electron chi connectivity index (χ0n) is 15.4. The van der Waals surface area contributed by atoms with Crippen molar-refractivity contribution < 1.29 is 9.47 Å². The first-order chi connectivity index (χ1) is 11.4. The summed E-state index contributed by atoms with van der Waals surface area (Å²) >= 11 is 0. The molecule has 130 valence electrons. The number of hydrogen-bond donors (Lipinski definition) is 1. The Bertz CT molecular complexity index is 627. The minimum atomic E-state index is 0.158. The summed E-state index contributed by atoms with van der Waals surface area (Å²) in [6.07, 6.45) is 0.158. The van der Waals surface area contributed by atoms with Crippen molar-refractivity contribution in [2.45, 2.75) is 46.1 Å². The smallest absolute Gasteiger partial charge is 0.142 e. The number of rotatable bonds is 7. The molecule has 0 aliphatic heterocycles. The summed E-state index contributed by atoms with van der Waals surface area (Å²) in [6, 6.07) is 16.3. The van der Waals surface area contributed by atoms with E-state index in [9.17, 15) is 0 Å². The van der Waals surface area contributed by atoms with Crippen LogP contribution < -0.4 is 14.8 Å². The fourth-order valence-electron chi connectivity index (χ4n) is 2.38. The summed E-state index contributed by atoms with van der Waals surface area (Å²) < 4.78 is 11.6. The predicted octanol–water partition coefficient (Wildman–Crippen LogP) is 5.26. The second-order valence-electron chi connectivity index (χ2n) is 7.21. The minimum Gasteiger partial charge on any atom is -0.492 e. The predicted molar refractivity (Wildman–Crippen MR) is 101 cm³/mol. The highest BCUT2D eigenvalue weighted by atomic mass is 16.5. The Hall–Kier alpha value is -2.16. The minimum absolute atomic E-state index is 0.158. The number of anilines is 1. The summed E-state index contributed by atoms with van der Waals surface area (Å²) in [4.78, 5) is 0. The largest absolute Gasteiger partial charge is 0.492 e. The fraction of sp³-hybridized carbons (Fsp3) is 0.429. The topological polar surface area (TPSA) is 30.5 Å². The van der Waals surface area contributed by atoms with E-state index in [2.05, 4.69) is 38.2 Å². The Morgan fingerprint density at radius 1 is 0.958 bits per heavy atom. The maximum absolute atomic E-state index is 5.81. The van der Waals surface area contributed by atoms with Crippen molar-refractivity contribution in [3.63, 3.8) is 0 Å². The van der Waals surface area contributed by atoms with E-state index in [1.54, 1.807) is 0 Å². The lowest BCUT2D eigenvalue weighted by atomic mass is 9.87. The molecule has 2 aromatic rings. The molecule has 3 nitrogen and oxygen atoms in total. The normalized spacial score (nSPS) is 11.4.